The highest BCUT2D eigenvalue weighted by Gasteiger charge is 2.21. The van der Waals surface area contributed by atoms with Crippen LogP contribution in [-0.2, 0) is 11.2 Å². The van der Waals surface area contributed by atoms with Crippen LogP contribution in [0.15, 0.2) is 28.7 Å². The average molecular weight is 354 g/mol. The maximum absolute atomic E-state index is 12.4. The van der Waals surface area contributed by atoms with Gasteiger partial charge < -0.3 is 9.80 Å². The van der Waals surface area contributed by atoms with Gasteiger partial charge in [0.15, 0.2) is 0 Å². The first kappa shape index (κ1) is 16.5. The number of carbonyl (C=O) groups is 1. The van der Waals surface area contributed by atoms with Gasteiger partial charge in [-0.1, -0.05) is 34.1 Å². The van der Waals surface area contributed by atoms with Crippen LogP contribution in [0.2, 0.25) is 0 Å². The average Bonchev–Trinajstić information content (AvgIpc) is 2.48. The fourth-order valence-corrected chi connectivity index (χ4v) is 2.90. The molecule has 2 rings (SSSR count). The Morgan fingerprint density at radius 3 is 2.48 bits per heavy atom. The van der Waals surface area contributed by atoms with E-state index in [0.29, 0.717) is 6.42 Å². The van der Waals surface area contributed by atoms with E-state index in [4.69, 9.17) is 0 Å². The summed E-state index contributed by atoms with van der Waals surface area (Å²) in [5.41, 5.74) is 1.07. The molecule has 0 radical (unpaired) electrons. The van der Waals surface area contributed by atoms with Gasteiger partial charge in [-0.05, 0) is 25.7 Å². The molecule has 1 saturated heterocycles. The molecule has 0 aromatic heterocycles. The number of nitrogens with zero attached hydrogens (tertiary/aromatic N) is 3. The van der Waals surface area contributed by atoms with Crippen LogP contribution < -0.4 is 0 Å². The second-order valence-corrected chi connectivity index (χ2v) is 6.65. The molecule has 1 aliphatic rings. The first-order valence-electron chi connectivity index (χ1n) is 7.44. The summed E-state index contributed by atoms with van der Waals surface area (Å²) in [5.74, 6) is 0.231. The first-order valence-corrected chi connectivity index (χ1v) is 8.24. The van der Waals surface area contributed by atoms with Crippen molar-refractivity contribution >= 4 is 21.8 Å². The number of halogens is 1. The third-order valence-corrected chi connectivity index (χ3v) is 4.66. The molecule has 4 nitrogen and oxygen atoms in total. The van der Waals surface area contributed by atoms with Crippen molar-refractivity contribution in [2.75, 3.05) is 53.4 Å². The Bertz CT molecular complexity index is 470. The summed E-state index contributed by atoms with van der Waals surface area (Å²) >= 11 is 3.51. The third-order valence-electron chi connectivity index (χ3n) is 3.89. The highest BCUT2D eigenvalue weighted by molar-refractivity contribution is 9.10. The largest absolute Gasteiger partial charge is 0.340 e. The van der Waals surface area contributed by atoms with E-state index in [0.717, 1.165) is 49.3 Å². The summed E-state index contributed by atoms with van der Waals surface area (Å²) in [5, 5.41) is 0. The van der Waals surface area contributed by atoms with Gasteiger partial charge in [0.25, 0.3) is 0 Å². The van der Waals surface area contributed by atoms with Crippen molar-refractivity contribution in [3.05, 3.63) is 34.3 Å². The summed E-state index contributed by atoms with van der Waals surface area (Å²) in [7, 11) is 4.19. The lowest BCUT2D eigenvalue weighted by Gasteiger charge is -2.35. The van der Waals surface area contributed by atoms with Crippen LogP contribution in [0.4, 0.5) is 0 Å². The smallest absolute Gasteiger partial charge is 0.227 e. The summed E-state index contributed by atoms with van der Waals surface area (Å²) in [6, 6.07) is 7.95. The minimum atomic E-state index is 0.231. The van der Waals surface area contributed by atoms with Crippen molar-refractivity contribution in [1.82, 2.24) is 14.7 Å². The maximum Gasteiger partial charge on any atom is 0.227 e. The van der Waals surface area contributed by atoms with Crippen LogP contribution in [0.5, 0.6) is 0 Å². The molecule has 116 valence electrons. The molecule has 1 aliphatic heterocycles. The standard InChI is InChI=1S/C16H24BrN3O/c1-18(2)7-8-19-9-11-20(12-10-19)16(21)13-14-5-3-4-6-15(14)17/h3-6H,7-13H2,1-2H3. The Morgan fingerprint density at radius 1 is 1.19 bits per heavy atom. The minimum absolute atomic E-state index is 0.231. The van der Waals surface area contributed by atoms with Gasteiger partial charge in [0, 0.05) is 43.7 Å². The van der Waals surface area contributed by atoms with E-state index in [1.54, 1.807) is 0 Å². The zero-order chi connectivity index (χ0) is 15.2. The van der Waals surface area contributed by atoms with Crippen LogP contribution in [0.25, 0.3) is 0 Å². The van der Waals surface area contributed by atoms with Gasteiger partial charge in [-0.25, -0.2) is 0 Å². The van der Waals surface area contributed by atoms with Crippen molar-refractivity contribution < 1.29 is 4.79 Å². The minimum Gasteiger partial charge on any atom is -0.340 e. The predicted octanol–water partition coefficient (Wildman–Crippen LogP) is 1.70. The third kappa shape index (κ3) is 5.09. The van der Waals surface area contributed by atoms with Crippen molar-refractivity contribution in [1.29, 1.82) is 0 Å². The molecule has 0 unspecified atom stereocenters. The van der Waals surface area contributed by atoms with E-state index in [2.05, 4.69) is 39.8 Å². The number of piperazine rings is 1. The molecule has 0 aliphatic carbocycles. The molecule has 1 heterocycles. The number of carbonyl (C=O) groups excluding carboxylic acids is 1. The lowest BCUT2D eigenvalue weighted by molar-refractivity contribution is -0.132. The number of likely N-dealkylation sites (N-methyl/N-ethyl adjacent to an activating group) is 1. The molecule has 1 aromatic carbocycles. The second kappa shape index (κ2) is 7.92. The summed E-state index contributed by atoms with van der Waals surface area (Å²) in [4.78, 5) is 19.0. The lowest BCUT2D eigenvalue weighted by Crippen LogP contribution is -2.50. The molecule has 1 fully saturated rings. The number of benzene rings is 1. The van der Waals surface area contributed by atoms with Gasteiger partial charge in [-0.3, -0.25) is 9.69 Å². The number of hydrogen-bond acceptors (Lipinski definition) is 3. The topological polar surface area (TPSA) is 26.8 Å². The molecule has 0 spiro atoms. The lowest BCUT2D eigenvalue weighted by atomic mass is 10.1. The molecule has 0 bridgehead atoms. The summed E-state index contributed by atoms with van der Waals surface area (Å²) in [6.07, 6.45) is 0.485. The second-order valence-electron chi connectivity index (χ2n) is 5.79. The van der Waals surface area contributed by atoms with E-state index >= 15 is 0 Å². The van der Waals surface area contributed by atoms with Crippen LogP contribution in [0, 0.1) is 0 Å². The molecule has 21 heavy (non-hydrogen) atoms. The summed E-state index contributed by atoms with van der Waals surface area (Å²) in [6.45, 7) is 5.81. The zero-order valence-electron chi connectivity index (χ0n) is 12.9. The quantitative estimate of drug-likeness (QED) is 0.805. The molecule has 0 saturated carbocycles. The van der Waals surface area contributed by atoms with Gasteiger partial charge in [0.05, 0.1) is 6.42 Å². The van der Waals surface area contributed by atoms with E-state index in [-0.39, 0.29) is 5.91 Å². The Kier molecular flexibility index (Phi) is 6.21. The van der Waals surface area contributed by atoms with E-state index in [1.807, 2.05) is 29.2 Å². The van der Waals surface area contributed by atoms with Crippen molar-refractivity contribution in [3.63, 3.8) is 0 Å². The van der Waals surface area contributed by atoms with Crippen LogP contribution in [0.3, 0.4) is 0 Å². The van der Waals surface area contributed by atoms with Crippen molar-refractivity contribution in [2.24, 2.45) is 0 Å². The highest BCUT2D eigenvalue weighted by Crippen LogP contribution is 2.17. The maximum atomic E-state index is 12.4. The summed E-state index contributed by atoms with van der Waals surface area (Å²) < 4.78 is 1.02. The Labute approximate surface area is 135 Å². The van der Waals surface area contributed by atoms with E-state index in [9.17, 15) is 4.79 Å². The van der Waals surface area contributed by atoms with Gasteiger partial charge in [0.2, 0.25) is 5.91 Å². The van der Waals surface area contributed by atoms with Gasteiger partial charge >= 0.3 is 0 Å². The molecule has 1 aromatic rings. The normalized spacial score (nSPS) is 16.5. The Balaban J connectivity index is 1.79. The SMILES string of the molecule is CN(C)CCN1CCN(C(=O)Cc2ccccc2Br)CC1. The predicted molar refractivity (Wildman–Crippen MR) is 89.4 cm³/mol. The monoisotopic (exact) mass is 353 g/mol. The molecule has 5 heteroatoms. The molecule has 1 amide bonds. The number of rotatable bonds is 5. The van der Waals surface area contributed by atoms with Crippen molar-refractivity contribution in [2.45, 2.75) is 6.42 Å². The molecule has 0 N–H and O–H groups in total. The van der Waals surface area contributed by atoms with Crippen LogP contribution in [0.1, 0.15) is 5.56 Å². The Morgan fingerprint density at radius 2 is 1.86 bits per heavy atom. The molecular weight excluding hydrogens is 330 g/mol. The van der Waals surface area contributed by atoms with Crippen LogP contribution in [-0.4, -0.2) is 74.0 Å². The fourth-order valence-electron chi connectivity index (χ4n) is 2.48. The zero-order valence-corrected chi connectivity index (χ0v) is 14.5. The highest BCUT2D eigenvalue weighted by atomic mass is 79.9. The number of hydrogen-bond donors (Lipinski definition) is 0. The molecular formula is C16H24BrN3O. The number of amides is 1. The van der Waals surface area contributed by atoms with Gasteiger partial charge in [0.1, 0.15) is 0 Å². The van der Waals surface area contributed by atoms with Gasteiger partial charge in [-0.15, -0.1) is 0 Å². The van der Waals surface area contributed by atoms with Crippen molar-refractivity contribution in [3.8, 4) is 0 Å². The van der Waals surface area contributed by atoms with Crippen LogP contribution >= 0.6 is 15.9 Å². The van der Waals surface area contributed by atoms with Gasteiger partial charge in [-0.2, -0.15) is 0 Å². The Hall–Kier alpha value is -0.910. The van der Waals surface area contributed by atoms with E-state index in [1.165, 1.54) is 0 Å². The molecule has 0 atom stereocenters. The first-order chi connectivity index (χ1) is 10.1. The fraction of sp³-hybridized carbons (Fsp3) is 0.562. The van der Waals surface area contributed by atoms with E-state index < -0.39 is 0 Å².